The quantitative estimate of drug-likeness (QED) is 0.836. The lowest BCUT2D eigenvalue weighted by Crippen LogP contribution is -2.15. The van der Waals surface area contributed by atoms with E-state index < -0.39 is 0 Å². The Kier molecular flexibility index (Phi) is 4.78. The van der Waals surface area contributed by atoms with Crippen molar-refractivity contribution in [3.05, 3.63) is 40.7 Å². The molecule has 0 atom stereocenters. The van der Waals surface area contributed by atoms with Crippen LogP contribution in [0, 0.1) is 20.8 Å². The minimum Gasteiger partial charge on any atom is -0.399 e. The van der Waals surface area contributed by atoms with Crippen molar-refractivity contribution in [3.8, 4) is 0 Å². The molecule has 0 aliphatic heterocycles. The largest absolute Gasteiger partial charge is 0.399 e. The van der Waals surface area contributed by atoms with Gasteiger partial charge in [0.2, 0.25) is 0 Å². The predicted octanol–water partition coefficient (Wildman–Crippen LogP) is 2.60. The molecule has 6 heteroatoms. The monoisotopic (exact) mass is 294 g/mol. The van der Waals surface area contributed by atoms with E-state index in [2.05, 4.69) is 10.4 Å². The molecule has 3 N–H and O–H groups in total. The standard InChI is InChI=1S/C14H18N4O.ClH/c1-8-5-6-11(15)7-12(8)16-14(19)13-9(2)17-18(4)10(13)3;/h5-7H,15H2,1-4H3,(H,16,19);1H. The summed E-state index contributed by atoms with van der Waals surface area (Å²) in [6, 6.07) is 5.45. The van der Waals surface area contributed by atoms with Gasteiger partial charge in [-0.1, -0.05) is 6.07 Å². The van der Waals surface area contributed by atoms with Crippen LogP contribution in [0.5, 0.6) is 0 Å². The third kappa shape index (κ3) is 2.93. The van der Waals surface area contributed by atoms with Crippen molar-refractivity contribution in [2.45, 2.75) is 20.8 Å². The Balaban J connectivity index is 0.00000200. The van der Waals surface area contributed by atoms with Gasteiger partial charge in [-0.3, -0.25) is 9.48 Å². The van der Waals surface area contributed by atoms with Crippen molar-refractivity contribution in [1.29, 1.82) is 0 Å². The van der Waals surface area contributed by atoms with E-state index in [1.807, 2.05) is 40.0 Å². The molecule has 20 heavy (non-hydrogen) atoms. The average molecular weight is 295 g/mol. The topological polar surface area (TPSA) is 72.9 Å². The van der Waals surface area contributed by atoms with Gasteiger partial charge in [0.1, 0.15) is 0 Å². The fourth-order valence-corrected chi connectivity index (χ4v) is 2.06. The Hall–Kier alpha value is -2.01. The zero-order chi connectivity index (χ0) is 14.2. The fraction of sp³-hybridized carbons (Fsp3) is 0.286. The maximum atomic E-state index is 12.3. The minimum absolute atomic E-state index is 0. The highest BCUT2D eigenvalue weighted by Gasteiger charge is 2.17. The molecule has 1 aromatic carbocycles. The van der Waals surface area contributed by atoms with Gasteiger partial charge < -0.3 is 11.1 Å². The molecule has 0 saturated heterocycles. The van der Waals surface area contributed by atoms with Crippen LogP contribution in [0.2, 0.25) is 0 Å². The van der Waals surface area contributed by atoms with Crippen LogP contribution in [0.15, 0.2) is 18.2 Å². The number of amides is 1. The lowest BCUT2D eigenvalue weighted by atomic mass is 10.1. The number of nitrogens with two attached hydrogens (primary N) is 1. The second kappa shape index (κ2) is 5.96. The number of aryl methyl sites for hydroxylation is 3. The van der Waals surface area contributed by atoms with E-state index in [1.165, 1.54) is 0 Å². The second-order valence-corrected chi connectivity index (χ2v) is 4.70. The molecule has 1 aromatic heterocycles. The van der Waals surface area contributed by atoms with E-state index in [9.17, 15) is 4.79 Å². The molecule has 0 fully saturated rings. The highest BCUT2D eigenvalue weighted by Crippen LogP contribution is 2.20. The number of anilines is 2. The Morgan fingerprint density at radius 2 is 1.95 bits per heavy atom. The molecule has 108 valence electrons. The zero-order valence-electron chi connectivity index (χ0n) is 12.0. The smallest absolute Gasteiger partial charge is 0.259 e. The molecule has 1 heterocycles. The first-order valence-electron chi connectivity index (χ1n) is 6.08. The van der Waals surface area contributed by atoms with E-state index in [-0.39, 0.29) is 18.3 Å². The predicted molar refractivity (Wildman–Crippen MR) is 83.5 cm³/mol. The number of nitrogens with zero attached hydrogens (tertiary/aromatic N) is 2. The molecule has 0 radical (unpaired) electrons. The Morgan fingerprint density at radius 1 is 1.30 bits per heavy atom. The first-order valence-corrected chi connectivity index (χ1v) is 6.08. The number of carbonyl (C=O) groups is 1. The van der Waals surface area contributed by atoms with Gasteiger partial charge in [0.25, 0.3) is 5.91 Å². The molecule has 0 saturated carbocycles. The van der Waals surface area contributed by atoms with Crippen molar-refractivity contribution >= 4 is 29.7 Å². The molecule has 2 aromatic rings. The van der Waals surface area contributed by atoms with Gasteiger partial charge in [-0.05, 0) is 38.5 Å². The number of rotatable bonds is 2. The van der Waals surface area contributed by atoms with Crippen LogP contribution in [0.1, 0.15) is 27.3 Å². The molecule has 5 nitrogen and oxygen atoms in total. The summed E-state index contributed by atoms with van der Waals surface area (Å²) < 4.78 is 1.70. The SMILES string of the molecule is Cc1ccc(N)cc1NC(=O)c1c(C)nn(C)c1C.Cl. The lowest BCUT2D eigenvalue weighted by molar-refractivity contribution is 0.102. The lowest BCUT2D eigenvalue weighted by Gasteiger charge is -2.09. The Labute approximate surface area is 124 Å². The minimum atomic E-state index is -0.156. The molecule has 0 spiro atoms. The van der Waals surface area contributed by atoms with Crippen LogP contribution < -0.4 is 11.1 Å². The van der Waals surface area contributed by atoms with Crippen LogP contribution in [-0.4, -0.2) is 15.7 Å². The molecule has 1 amide bonds. The first kappa shape index (κ1) is 16.0. The summed E-state index contributed by atoms with van der Waals surface area (Å²) in [5, 5.41) is 7.13. The number of benzene rings is 1. The van der Waals surface area contributed by atoms with E-state index >= 15 is 0 Å². The summed E-state index contributed by atoms with van der Waals surface area (Å²) in [7, 11) is 1.82. The number of nitrogen functional groups attached to an aromatic ring is 1. The Morgan fingerprint density at radius 3 is 2.50 bits per heavy atom. The van der Waals surface area contributed by atoms with Crippen LogP contribution in [-0.2, 0) is 7.05 Å². The summed E-state index contributed by atoms with van der Waals surface area (Å²) >= 11 is 0. The third-order valence-electron chi connectivity index (χ3n) is 3.25. The van der Waals surface area contributed by atoms with Gasteiger partial charge in [0, 0.05) is 24.1 Å². The van der Waals surface area contributed by atoms with Gasteiger partial charge in [0.05, 0.1) is 11.3 Å². The van der Waals surface area contributed by atoms with Crippen molar-refractivity contribution in [3.63, 3.8) is 0 Å². The molecule has 2 rings (SSSR count). The summed E-state index contributed by atoms with van der Waals surface area (Å²) in [6.07, 6.45) is 0. The maximum Gasteiger partial charge on any atom is 0.259 e. The maximum absolute atomic E-state index is 12.3. The van der Waals surface area contributed by atoms with E-state index in [0.29, 0.717) is 11.3 Å². The van der Waals surface area contributed by atoms with E-state index in [1.54, 1.807) is 10.7 Å². The first-order chi connectivity index (χ1) is 8.90. The van der Waals surface area contributed by atoms with Crippen LogP contribution >= 0.6 is 12.4 Å². The third-order valence-corrected chi connectivity index (χ3v) is 3.25. The molecular formula is C14H19ClN4O. The molecule has 0 aliphatic carbocycles. The number of halogens is 1. The summed E-state index contributed by atoms with van der Waals surface area (Å²) in [4.78, 5) is 12.3. The summed E-state index contributed by atoms with van der Waals surface area (Å²) in [6.45, 7) is 5.63. The fourth-order valence-electron chi connectivity index (χ4n) is 2.06. The van der Waals surface area contributed by atoms with Crippen molar-refractivity contribution in [1.82, 2.24) is 9.78 Å². The number of aromatic nitrogens is 2. The van der Waals surface area contributed by atoms with Crippen LogP contribution in [0.3, 0.4) is 0 Å². The number of hydrogen-bond donors (Lipinski definition) is 2. The summed E-state index contributed by atoms with van der Waals surface area (Å²) in [5.74, 6) is -0.156. The molecule has 0 bridgehead atoms. The van der Waals surface area contributed by atoms with Crippen molar-refractivity contribution in [2.24, 2.45) is 7.05 Å². The van der Waals surface area contributed by atoms with Crippen molar-refractivity contribution < 1.29 is 4.79 Å². The molecular weight excluding hydrogens is 276 g/mol. The highest BCUT2D eigenvalue weighted by molar-refractivity contribution is 6.06. The van der Waals surface area contributed by atoms with E-state index in [4.69, 9.17) is 5.73 Å². The Bertz CT molecular complexity index is 649. The number of carbonyl (C=O) groups excluding carboxylic acids is 1. The average Bonchev–Trinajstić information content (AvgIpc) is 2.58. The number of hydrogen-bond acceptors (Lipinski definition) is 3. The van der Waals surface area contributed by atoms with Gasteiger partial charge in [-0.15, -0.1) is 12.4 Å². The molecule has 0 unspecified atom stereocenters. The summed E-state index contributed by atoms with van der Waals surface area (Å²) in [5.41, 5.74) is 10.2. The van der Waals surface area contributed by atoms with Gasteiger partial charge >= 0.3 is 0 Å². The normalized spacial score (nSPS) is 10.0. The molecule has 0 aliphatic rings. The highest BCUT2D eigenvalue weighted by atomic mass is 35.5. The van der Waals surface area contributed by atoms with Crippen LogP contribution in [0.25, 0.3) is 0 Å². The van der Waals surface area contributed by atoms with Gasteiger partial charge in [-0.25, -0.2) is 0 Å². The van der Waals surface area contributed by atoms with Crippen molar-refractivity contribution in [2.75, 3.05) is 11.1 Å². The van der Waals surface area contributed by atoms with Gasteiger partial charge in [0.15, 0.2) is 0 Å². The van der Waals surface area contributed by atoms with Crippen LogP contribution in [0.4, 0.5) is 11.4 Å². The van der Waals surface area contributed by atoms with Gasteiger partial charge in [-0.2, -0.15) is 5.10 Å². The second-order valence-electron chi connectivity index (χ2n) is 4.70. The van der Waals surface area contributed by atoms with E-state index in [0.717, 1.165) is 22.6 Å². The zero-order valence-corrected chi connectivity index (χ0v) is 12.8. The number of nitrogens with one attached hydrogen (secondary N) is 1.